The molecular weight excluding hydrogens is 606 g/mol. The van der Waals surface area contributed by atoms with Crippen LogP contribution in [0.25, 0.3) is 0 Å². The predicted octanol–water partition coefficient (Wildman–Crippen LogP) is 4.94. The molecule has 0 fully saturated rings. The lowest BCUT2D eigenvalue weighted by Gasteiger charge is -2.34. The van der Waals surface area contributed by atoms with Gasteiger partial charge in [0.1, 0.15) is 18.3 Å². The largest absolute Gasteiger partial charge is 0.495 e. The van der Waals surface area contributed by atoms with Crippen molar-refractivity contribution in [1.29, 1.82) is 0 Å². The number of halogens is 1. The van der Waals surface area contributed by atoms with Crippen LogP contribution in [-0.2, 0) is 26.0 Å². The van der Waals surface area contributed by atoms with Crippen molar-refractivity contribution < 1.29 is 32.2 Å². The molecule has 0 unspecified atom stereocenters. The summed E-state index contributed by atoms with van der Waals surface area (Å²) in [6.07, 6.45) is 0.781. The van der Waals surface area contributed by atoms with Gasteiger partial charge in [0.2, 0.25) is 11.8 Å². The zero-order chi connectivity index (χ0) is 32.4. The zero-order valence-electron chi connectivity index (χ0n) is 25.9. The third-order valence-electron chi connectivity index (χ3n) is 6.93. The molecule has 0 radical (unpaired) electrons. The lowest BCUT2D eigenvalue weighted by atomic mass is 10.1. The molecule has 1 N–H and O–H groups in total. The monoisotopic (exact) mass is 645 g/mol. The number of nitrogens with one attached hydrogen (secondary N) is 1. The van der Waals surface area contributed by atoms with E-state index < -0.39 is 28.5 Å². The fourth-order valence-corrected chi connectivity index (χ4v) is 6.35. The topological polar surface area (TPSA) is 114 Å². The van der Waals surface area contributed by atoms with Gasteiger partial charge in [0, 0.05) is 23.7 Å². The van der Waals surface area contributed by atoms with Crippen LogP contribution in [0.15, 0.2) is 71.6 Å². The number of hydrogen-bond donors (Lipinski definition) is 1. The highest BCUT2D eigenvalue weighted by atomic mass is 35.5. The van der Waals surface area contributed by atoms with Crippen molar-refractivity contribution >= 4 is 39.1 Å². The fraction of sp³-hybridized carbons (Fsp3) is 0.375. The standard InChI is InChI=1S/C32H40ClN3O7S/c1-7-26(32(38)34-22(2)3)35(18-17-23-11-9-8-10-12-23)31(37)21-36(27-19-24(33)13-15-28(27)41-4)44(39,40)25-14-16-29(42-5)30(20-25)43-6/h8-16,19-20,22,26H,7,17-18,21H2,1-6H3,(H,34,38)/t26-/m0/s1. The number of methoxy groups -OCH3 is 3. The summed E-state index contributed by atoms with van der Waals surface area (Å²) in [6, 6.07) is 17.2. The highest BCUT2D eigenvalue weighted by Gasteiger charge is 2.35. The summed E-state index contributed by atoms with van der Waals surface area (Å²) < 4.78 is 45.7. The Morgan fingerprint density at radius 1 is 0.886 bits per heavy atom. The van der Waals surface area contributed by atoms with Crippen molar-refractivity contribution in [3.05, 3.63) is 77.3 Å². The molecule has 0 aliphatic rings. The summed E-state index contributed by atoms with van der Waals surface area (Å²) in [5, 5.41) is 3.13. The minimum absolute atomic E-state index is 0.0609. The molecule has 3 aromatic rings. The highest BCUT2D eigenvalue weighted by Crippen LogP contribution is 2.37. The minimum Gasteiger partial charge on any atom is -0.495 e. The molecule has 0 aromatic heterocycles. The van der Waals surface area contributed by atoms with Gasteiger partial charge in [-0.3, -0.25) is 13.9 Å². The fourth-order valence-electron chi connectivity index (χ4n) is 4.75. The number of rotatable bonds is 15. The summed E-state index contributed by atoms with van der Waals surface area (Å²) in [4.78, 5) is 28.8. The van der Waals surface area contributed by atoms with Crippen LogP contribution in [0.2, 0.25) is 5.02 Å². The van der Waals surface area contributed by atoms with Gasteiger partial charge in [0.15, 0.2) is 11.5 Å². The smallest absolute Gasteiger partial charge is 0.265 e. The molecule has 3 aromatic carbocycles. The number of carbonyl (C=O) groups is 2. The van der Waals surface area contributed by atoms with Gasteiger partial charge in [-0.05, 0) is 62.6 Å². The third-order valence-corrected chi connectivity index (χ3v) is 8.92. The molecule has 2 amide bonds. The van der Waals surface area contributed by atoms with E-state index in [1.807, 2.05) is 51.1 Å². The lowest BCUT2D eigenvalue weighted by molar-refractivity contribution is -0.139. The molecular formula is C32H40ClN3O7S. The first-order valence-electron chi connectivity index (χ1n) is 14.2. The van der Waals surface area contributed by atoms with Gasteiger partial charge in [0.25, 0.3) is 10.0 Å². The maximum Gasteiger partial charge on any atom is 0.265 e. The number of nitrogens with zero attached hydrogens (tertiary/aromatic N) is 2. The summed E-state index contributed by atoms with van der Waals surface area (Å²) >= 11 is 6.32. The summed E-state index contributed by atoms with van der Waals surface area (Å²) in [5.41, 5.74) is 1.03. The Kier molecular flexibility index (Phi) is 12.3. The molecule has 12 heteroatoms. The number of benzene rings is 3. The molecule has 1 atom stereocenters. The van der Waals surface area contributed by atoms with E-state index in [1.54, 1.807) is 6.07 Å². The molecule has 238 valence electrons. The van der Waals surface area contributed by atoms with Gasteiger partial charge in [0.05, 0.1) is 31.9 Å². The van der Waals surface area contributed by atoms with E-state index in [1.165, 1.54) is 56.6 Å². The molecule has 0 saturated heterocycles. The van der Waals surface area contributed by atoms with Crippen molar-refractivity contribution in [2.45, 2.75) is 50.6 Å². The Morgan fingerprint density at radius 2 is 1.52 bits per heavy atom. The molecule has 3 rings (SSSR count). The molecule has 0 aliphatic heterocycles. The normalized spacial score (nSPS) is 11.9. The molecule has 0 bridgehead atoms. The van der Waals surface area contributed by atoms with Gasteiger partial charge in [-0.15, -0.1) is 0 Å². The summed E-state index contributed by atoms with van der Waals surface area (Å²) in [5.74, 6) is -0.176. The van der Waals surface area contributed by atoms with Crippen LogP contribution in [0.3, 0.4) is 0 Å². The van der Waals surface area contributed by atoms with Crippen LogP contribution in [0.5, 0.6) is 17.2 Å². The van der Waals surface area contributed by atoms with Gasteiger partial charge >= 0.3 is 0 Å². The van der Waals surface area contributed by atoms with Gasteiger partial charge in [-0.2, -0.15) is 0 Å². The Hall–Kier alpha value is -3.96. The molecule has 0 heterocycles. The van der Waals surface area contributed by atoms with E-state index in [0.717, 1.165) is 9.87 Å². The highest BCUT2D eigenvalue weighted by molar-refractivity contribution is 7.92. The van der Waals surface area contributed by atoms with Gasteiger partial charge < -0.3 is 24.4 Å². The first kappa shape index (κ1) is 34.5. The lowest BCUT2D eigenvalue weighted by Crippen LogP contribution is -2.54. The average molecular weight is 646 g/mol. The quantitative estimate of drug-likeness (QED) is 0.249. The van der Waals surface area contributed by atoms with E-state index >= 15 is 0 Å². The second-order valence-electron chi connectivity index (χ2n) is 10.3. The van der Waals surface area contributed by atoms with Crippen molar-refractivity contribution in [2.24, 2.45) is 0 Å². The average Bonchev–Trinajstić information content (AvgIpc) is 3.01. The molecule has 0 spiro atoms. The van der Waals surface area contributed by atoms with E-state index in [-0.39, 0.29) is 45.6 Å². The predicted molar refractivity (Wildman–Crippen MR) is 171 cm³/mol. The first-order valence-corrected chi connectivity index (χ1v) is 16.0. The molecule has 0 saturated carbocycles. The zero-order valence-corrected chi connectivity index (χ0v) is 27.4. The number of hydrogen-bond acceptors (Lipinski definition) is 7. The van der Waals surface area contributed by atoms with Crippen LogP contribution >= 0.6 is 11.6 Å². The van der Waals surface area contributed by atoms with Crippen molar-refractivity contribution in [1.82, 2.24) is 10.2 Å². The number of carbonyl (C=O) groups excluding carboxylic acids is 2. The van der Waals surface area contributed by atoms with Crippen LogP contribution in [0.4, 0.5) is 5.69 Å². The Bertz CT molecular complexity index is 1530. The summed E-state index contributed by atoms with van der Waals surface area (Å²) in [7, 11) is -0.185. The molecule has 0 aliphatic carbocycles. The maximum absolute atomic E-state index is 14.3. The summed E-state index contributed by atoms with van der Waals surface area (Å²) in [6.45, 7) is 5.04. The third kappa shape index (κ3) is 8.35. The second kappa shape index (κ2) is 15.7. The number of sulfonamides is 1. The Labute approximate surface area is 264 Å². The second-order valence-corrected chi connectivity index (χ2v) is 12.6. The van der Waals surface area contributed by atoms with E-state index in [0.29, 0.717) is 18.6 Å². The van der Waals surface area contributed by atoms with Crippen LogP contribution in [0.1, 0.15) is 32.8 Å². The Morgan fingerprint density at radius 3 is 2.11 bits per heavy atom. The van der Waals surface area contributed by atoms with Gasteiger partial charge in [-0.25, -0.2) is 8.42 Å². The van der Waals surface area contributed by atoms with Crippen LogP contribution < -0.4 is 23.8 Å². The number of anilines is 1. The van der Waals surface area contributed by atoms with Crippen LogP contribution in [-0.4, -0.2) is 71.6 Å². The van der Waals surface area contributed by atoms with Crippen LogP contribution in [0, 0.1) is 0 Å². The number of amides is 2. The number of ether oxygens (including phenoxy) is 3. The molecule has 10 nitrogen and oxygen atoms in total. The van der Waals surface area contributed by atoms with Gasteiger partial charge in [-0.1, -0.05) is 48.9 Å². The van der Waals surface area contributed by atoms with Crippen molar-refractivity contribution in [2.75, 3.05) is 38.7 Å². The van der Waals surface area contributed by atoms with E-state index in [9.17, 15) is 18.0 Å². The molecule has 44 heavy (non-hydrogen) atoms. The Balaban J connectivity index is 2.13. The van der Waals surface area contributed by atoms with E-state index in [2.05, 4.69) is 5.32 Å². The van der Waals surface area contributed by atoms with Crippen molar-refractivity contribution in [3.63, 3.8) is 0 Å². The SMILES string of the molecule is CC[C@@H](C(=O)NC(C)C)N(CCc1ccccc1)C(=O)CN(c1cc(Cl)ccc1OC)S(=O)(=O)c1ccc(OC)c(OC)c1. The van der Waals surface area contributed by atoms with E-state index in [4.69, 9.17) is 25.8 Å². The first-order chi connectivity index (χ1) is 21.0. The minimum atomic E-state index is -4.42. The maximum atomic E-state index is 14.3. The van der Waals surface area contributed by atoms with Crippen molar-refractivity contribution in [3.8, 4) is 17.2 Å².